The highest BCUT2D eigenvalue weighted by atomic mass is 31.1. The van der Waals surface area contributed by atoms with Crippen molar-refractivity contribution in [3.05, 3.63) is 24.7 Å². The van der Waals surface area contributed by atoms with Gasteiger partial charge in [0.1, 0.15) is 0 Å². The molecule has 1 nitrogen and oxygen atoms in total. The van der Waals surface area contributed by atoms with E-state index in [2.05, 4.69) is 39.7 Å². The molecule has 0 aliphatic carbocycles. The summed E-state index contributed by atoms with van der Waals surface area (Å²) in [6.45, 7) is 12.8. The molecular weight excluding hydrogens is 249 g/mol. The lowest BCUT2D eigenvalue weighted by Crippen LogP contribution is -1.96. The van der Waals surface area contributed by atoms with Crippen molar-refractivity contribution in [3.63, 3.8) is 0 Å². The smallest absolute Gasteiger partial charge is 0.00827 e. The monoisotopic (exact) mass is 285 g/mol. The van der Waals surface area contributed by atoms with E-state index >= 15 is 0 Å². The van der Waals surface area contributed by atoms with Crippen LogP contribution in [0, 0.1) is 5.92 Å². The van der Waals surface area contributed by atoms with Crippen LogP contribution in [0.3, 0.4) is 0 Å². The Labute approximate surface area is 123 Å². The second-order valence-corrected chi connectivity index (χ2v) is 6.57. The van der Waals surface area contributed by atoms with E-state index < -0.39 is 0 Å². The lowest BCUT2D eigenvalue weighted by atomic mass is 10.1. The molecule has 0 spiro atoms. The highest BCUT2D eigenvalue weighted by molar-refractivity contribution is 7.41. The Bertz CT molecular complexity index is 199. The molecule has 2 heteroatoms. The second-order valence-electron chi connectivity index (χ2n) is 5.37. The molecule has 19 heavy (non-hydrogen) atoms. The first-order valence-corrected chi connectivity index (χ1v) is 9.13. The van der Waals surface area contributed by atoms with Gasteiger partial charge in [-0.05, 0) is 37.2 Å². The van der Waals surface area contributed by atoms with E-state index in [0.717, 1.165) is 26.6 Å². The SMILES string of the molecule is C=C.CCCCCCP/C=C(\N)CCCCC(C)C. The molecule has 0 aliphatic heterocycles. The van der Waals surface area contributed by atoms with Crippen LogP contribution in [-0.4, -0.2) is 6.16 Å². The van der Waals surface area contributed by atoms with Crippen molar-refractivity contribution in [2.75, 3.05) is 6.16 Å². The molecule has 1 unspecified atom stereocenters. The van der Waals surface area contributed by atoms with E-state index in [0.29, 0.717) is 0 Å². The summed E-state index contributed by atoms with van der Waals surface area (Å²) >= 11 is 0. The lowest BCUT2D eigenvalue weighted by Gasteiger charge is -2.05. The standard InChI is InChI=1S/C15H32NP.C2H4/c1-4-5-6-9-12-17-13-15(16)11-8-7-10-14(2)3;1-2/h13-14,17H,4-12,16H2,1-3H3;1-2H2/b15-13-;. The normalized spacial score (nSPS) is 11.9. The fourth-order valence-corrected chi connectivity index (χ4v) is 2.82. The van der Waals surface area contributed by atoms with Crippen molar-refractivity contribution in [3.8, 4) is 0 Å². The van der Waals surface area contributed by atoms with E-state index in [4.69, 9.17) is 5.73 Å². The van der Waals surface area contributed by atoms with Gasteiger partial charge in [0.2, 0.25) is 0 Å². The molecule has 0 fully saturated rings. The molecule has 0 saturated heterocycles. The molecule has 0 radical (unpaired) electrons. The molecular formula is C17H36NP. The predicted octanol–water partition coefficient (Wildman–Crippen LogP) is 6.06. The van der Waals surface area contributed by atoms with Crippen LogP contribution in [0.1, 0.15) is 72.1 Å². The molecule has 2 N–H and O–H groups in total. The summed E-state index contributed by atoms with van der Waals surface area (Å²) in [7, 11) is 0.944. The summed E-state index contributed by atoms with van der Waals surface area (Å²) < 4.78 is 0. The minimum absolute atomic E-state index is 0.834. The number of hydrogen-bond acceptors (Lipinski definition) is 1. The van der Waals surface area contributed by atoms with Gasteiger partial charge in [-0.1, -0.05) is 61.5 Å². The van der Waals surface area contributed by atoms with Crippen LogP contribution >= 0.6 is 8.58 Å². The first-order chi connectivity index (χ1) is 9.16. The maximum atomic E-state index is 6.00. The molecule has 0 aromatic rings. The van der Waals surface area contributed by atoms with Gasteiger partial charge in [0, 0.05) is 5.70 Å². The highest BCUT2D eigenvalue weighted by Gasteiger charge is 1.95. The van der Waals surface area contributed by atoms with Gasteiger partial charge in [0.15, 0.2) is 0 Å². The van der Waals surface area contributed by atoms with Crippen LogP contribution in [0.4, 0.5) is 0 Å². The molecule has 0 bridgehead atoms. The average molecular weight is 285 g/mol. The first kappa shape index (κ1) is 21.0. The van der Waals surface area contributed by atoms with Gasteiger partial charge in [-0.15, -0.1) is 13.2 Å². The Kier molecular flexibility index (Phi) is 19.6. The van der Waals surface area contributed by atoms with Crippen LogP contribution < -0.4 is 5.73 Å². The summed E-state index contributed by atoms with van der Waals surface area (Å²) in [5.41, 5.74) is 7.13. The molecule has 0 saturated carbocycles. The van der Waals surface area contributed by atoms with Crippen molar-refractivity contribution in [2.45, 2.75) is 72.1 Å². The van der Waals surface area contributed by atoms with Crippen molar-refractivity contribution in [1.29, 1.82) is 0 Å². The molecule has 0 aliphatic rings. The molecule has 1 atom stereocenters. The van der Waals surface area contributed by atoms with E-state index in [-0.39, 0.29) is 0 Å². The molecule has 0 amide bonds. The zero-order chi connectivity index (χ0) is 14.9. The largest absolute Gasteiger partial charge is 0.402 e. The molecule has 0 heterocycles. The summed E-state index contributed by atoms with van der Waals surface area (Å²) in [5.74, 6) is 3.11. The van der Waals surface area contributed by atoms with Crippen LogP contribution in [0.2, 0.25) is 0 Å². The third kappa shape index (κ3) is 20.2. The van der Waals surface area contributed by atoms with Crippen LogP contribution in [0.15, 0.2) is 24.7 Å². The summed E-state index contributed by atoms with van der Waals surface area (Å²) in [6.07, 6.45) is 11.9. The fourth-order valence-electron chi connectivity index (χ4n) is 1.81. The van der Waals surface area contributed by atoms with Crippen molar-refractivity contribution in [2.24, 2.45) is 11.7 Å². The topological polar surface area (TPSA) is 26.0 Å². The number of allylic oxidation sites excluding steroid dienone is 1. The van der Waals surface area contributed by atoms with E-state index in [1.54, 1.807) is 0 Å². The molecule has 114 valence electrons. The Hall–Kier alpha value is -0.290. The summed E-state index contributed by atoms with van der Waals surface area (Å²) in [6, 6.07) is 0. The number of rotatable bonds is 11. The fraction of sp³-hybridized carbons (Fsp3) is 0.765. The van der Waals surface area contributed by atoms with Gasteiger partial charge in [0.05, 0.1) is 0 Å². The Morgan fingerprint density at radius 3 is 2.37 bits per heavy atom. The van der Waals surface area contributed by atoms with Gasteiger partial charge < -0.3 is 5.73 Å². The molecule has 0 aromatic heterocycles. The van der Waals surface area contributed by atoms with Crippen molar-refractivity contribution in [1.82, 2.24) is 0 Å². The van der Waals surface area contributed by atoms with Gasteiger partial charge >= 0.3 is 0 Å². The number of unbranched alkanes of at least 4 members (excludes halogenated alkanes) is 4. The summed E-state index contributed by atoms with van der Waals surface area (Å²) in [4.78, 5) is 0. The van der Waals surface area contributed by atoms with Crippen LogP contribution in [-0.2, 0) is 0 Å². The van der Waals surface area contributed by atoms with Gasteiger partial charge in [-0.2, -0.15) is 0 Å². The zero-order valence-corrected chi connectivity index (χ0v) is 14.5. The molecule has 0 rings (SSSR count). The lowest BCUT2D eigenvalue weighted by molar-refractivity contribution is 0.537. The third-order valence-electron chi connectivity index (χ3n) is 2.96. The first-order valence-electron chi connectivity index (χ1n) is 7.84. The van der Waals surface area contributed by atoms with Crippen molar-refractivity contribution >= 4 is 8.58 Å². The Morgan fingerprint density at radius 1 is 1.11 bits per heavy atom. The zero-order valence-electron chi connectivity index (χ0n) is 13.5. The minimum Gasteiger partial charge on any atom is -0.402 e. The molecule has 0 aromatic carbocycles. The second kappa shape index (κ2) is 17.7. The Balaban J connectivity index is 0. The van der Waals surface area contributed by atoms with E-state index in [1.807, 2.05) is 0 Å². The Morgan fingerprint density at radius 2 is 1.79 bits per heavy atom. The summed E-state index contributed by atoms with van der Waals surface area (Å²) in [5, 5.41) is 0. The van der Waals surface area contributed by atoms with Crippen LogP contribution in [0.5, 0.6) is 0 Å². The minimum atomic E-state index is 0.834. The van der Waals surface area contributed by atoms with E-state index in [1.165, 1.54) is 51.1 Å². The average Bonchev–Trinajstić information content (AvgIpc) is 2.41. The number of hydrogen-bond donors (Lipinski definition) is 1. The van der Waals surface area contributed by atoms with Gasteiger partial charge in [-0.25, -0.2) is 0 Å². The predicted molar refractivity (Wildman–Crippen MR) is 94.2 cm³/mol. The highest BCUT2D eigenvalue weighted by Crippen LogP contribution is 2.19. The number of nitrogens with two attached hydrogens (primary N) is 1. The van der Waals surface area contributed by atoms with Gasteiger partial charge in [0.25, 0.3) is 0 Å². The maximum Gasteiger partial charge on any atom is 0.00827 e. The maximum absolute atomic E-state index is 6.00. The van der Waals surface area contributed by atoms with E-state index in [9.17, 15) is 0 Å². The van der Waals surface area contributed by atoms with Crippen LogP contribution in [0.25, 0.3) is 0 Å². The quantitative estimate of drug-likeness (QED) is 0.278. The van der Waals surface area contributed by atoms with Crippen molar-refractivity contribution < 1.29 is 0 Å². The van der Waals surface area contributed by atoms with Gasteiger partial charge in [-0.3, -0.25) is 0 Å². The third-order valence-corrected chi connectivity index (χ3v) is 4.18.